The number of aromatic nitrogens is 2. The molecule has 1 aromatic heterocycles. The van der Waals surface area contributed by atoms with E-state index in [-0.39, 0.29) is 0 Å². The maximum Gasteiger partial charge on any atom is 0.0659 e. The van der Waals surface area contributed by atoms with Gasteiger partial charge in [0.1, 0.15) is 0 Å². The minimum absolute atomic E-state index is 0.547. The summed E-state index contributed by atoms with van der Waals surface area (Å²) in [6, 6.07) is 8.77. The first-order chi connectivity index (χ1) is 8.19. The van der Waals surface area contributed by atoms with Crippen molar-refractivity contribution in [2.24, 2.45) is 0 Å². The Labute approximate surface area is 103 Å². The summed E-state index contributed by atoms with van der Waals surface area (Å²) in [7, 11) is 0. The molecule has 0 saturated heterocycles. The van der Waals surface area contributed by atoms with Gasteiger partial charge in [-0.3, -0.25) is 4.68 Å². The highest BCUT2D eigenvalue weighted by atomic mass is 15.3. The van der Waals surface area contributed by atoms with Crippen LogP contribution in [0.5, 0.6) is 0 Å². The van der Waals surface area contributed by atoms with Crippen molar-refractivity contribution in [2.75, 3.05) is 0 Å². The van der Waals surface area contributed by atoms with E-state index < -0.39 is 0 Å². The van der Waals surface area contributed by atoms with Gasteiger partial charge in [0.15, 0.2) is 0 Å². The molecule has 0 amide bonds. The predicted molar refractivity (Wildman–Crippen MR) is 71.2 cm³/mol. The maximum absolute atomic E-state index is 4.39. The third kappa shape index (κ3) is 2.96. The second-order valence-corrected chi connectivity index (χ2v) is 4.80. The van der Waals surface area contributed by atoms with Crippen molar-refractivity contribution >= 4 is 0 Å². The molecule has 0 spiro atoms. The van der Waals surface area contributed by atoms with Crippen LogP contribution in [0.1, 0.15) is 43.4 Å². The molecule has 0 radical (unpaired) electrons. The first kappa shape index (κ1) is 11.9. The van der Waals surface area contributed by atoms with Crippen LogP contribution in [0, 0.1) is 0 Å². The van der Waals surface area contributed by atoms with E-state index in [9.17, 15) is 0 Å². The molecule has 0 unspecified atom stereocenters. The van der Waals surface area contributed by atoms with Gasteiger partial charge < -0.3 is 0 Å². The van der Waals surface area contributed by atoms with Crippen LogP contribution in [0.3, 0.4) is 0 Å². The summed E-state index contributed by atoms with van der Waals surface area (Å²) >= 11 is 0. The van der Waals surface area contributed by atoms with Crippen molar-refractivity contribution in [1.82, 2.24) is 9.78 Å². The minimum atomic E-state index is 0.547. The van der Waals surface area contributed by atoms with Crippen LogP contribution < -0.4 is 0 Å². The Hall–Kier alpha value is -1.57. The Morgan fingerprint density at radius 3 is 2.29 bits per heavy atom. The second-order valence-electron chi connectivity index (χ2n) is 4.80. The highest BCUT2D eigenvalue weighted by Gasteiger charge is 2.03. The molecular weight excluding hydrogens is 208 g/mol. The van der Waals surface area contributed by atoms with Crippen LogP contribution in [-0.2, 0) is 13.0 Å². The zero-order valence-electron chi connectivity index (χ0n) is 10.9. The third-order valence-corrected chi connectivity index (χ3v) is 3.10. The Kier molecular flexibility index (Phi) is 3.62. The van der Waals surface area contributed by atoms with Crippen LogP contribution in [0.15, 0.2) is 36.7 Å². The summed E-state index contributed by atoms with van der Waals surface area (Å²) in [6.07, 6.45) is 5.20. The highest BCUT2D eigenvalue weighted by Crippen LogP contribution is 2.13. The van der Waals surface area contributed by atoms with Crippen molar-refractivity contribution < 1.29 is 0 Å². The van der Waals surface area contributed by atoms with Crippen molar-refractivity contribution in [1.29, 1.82) is 0 Å². The van der Waals surface area contributed by atoms with Gasteiger partial charge in [0.2, 0.25) is 0 Å². The number of nitrogens with zero attached hydrogens (tertiary/aromatic N) is 2. The van der Waals surface area contributed by atoms with E-state index in [4.69, 9.17) is 0 Å². The molecule has 0 atom stereocenters. The summed E-state index contributed by atoms with van der Waals surface area (Å²) in [6.45, 7) is 7.42. The largest absolute Gasteiger partial charge is 0.268 e. The molecule has 2 heteroatoms. The van der Waals surface area contributed by atoms with Crippen LogP contribution in [0.2, 0.25) is 0 Å². The van der Waals surface area contributed by atoms with Crippen molar-refractivity contribution in [2.45, 2.75) is 39.7 Å². The molecule has 0 aliphatic heterocycles. The summed E-state index contributed by atoms with van der Waals surface area (Å²) in [5.74, 6) is 0.547. The van der Waals surface area contributed by atoms with Gasteiger partial charge in [-0.15, -0.1) is 0 Å². The van der Waals surface area contributed by atoms with Crippen molar-refractivity contribution in [3.63, 3.8) is 0 Å². The zero-order valence-corrected chi connectivity index (χ0v) is 10.9. The number of hydrogen-bond donors (Lipinski definition) is 0. The average molecular weight is 228 g/mol. The molecule has 0 fully saturated rings. The van der Waals surface area contributed by atoms with E-state index in [0.717, 1.165) is 13.0 Å². The van der Waals surface area contributed by atoms with Crippen molar-refractivity contribution in [3.8, 4) is 0 Å². The van der Waals surface area contributed by atoms with Crippen molar-refractivity contribution in [3.05, 3.63) is 53.3 Å². The van der Waals surface area contributed by atoms with Gasteiger partial charge in [0.05, 0.1) is 12.7 Å². The SMILES string of the molecule is CCc1ccc(Cn2cc(C(C)C)cn2)cc1. The number of rotatable bonds is 4. The first-order valence-corrected chi connectivity index (χ1v) is 6.29. The lowest BCUT2D eigenvalue weighted by Crippen LogP contribution is -2.00. The van der Waals surface area contributed by atoms with E-state index in [1.165, 1.54) is 16.7 Å². The standard InChI is InChI=1S/C15H20N2/c1-4-13-5-7-14(8-6-13)10-17-11-15(9-16-17)12(2)3/h5-9,11-12H,4,10H2,1-3H3. The smallest absolute Gasteiger partial charge is 0.0659 e. The third-order valence-electron chi connectivity index (χ3n) is 3.10. The van der Waals surface area contributed by atoms with Gasteiger partial charge in [-0.2, -0.15) is 5.10 Å². The second kappa shape index (κ2) is 5.17. The van der Waals surface area contributed by atoms with Crippen LogP contribution in [-0.4, -0.2) is 9.78 Å². The van der Waals surface area contributed by atoms with Gasteiger partial charge in [-0.1, -0.05) is 45.0 Å². The molecule has 1 heterocycles. The quantitative estimate of drug-likeness (QED) is 0.781. The molecular formula is C15H20N2. The van der Waals surface area contributed by atoms with Crippen LogP contribution in [0.25, 0.3) is 0 Å². The average Bonchev–Trinajstić information content (AvgIpc) is 2.79. The fourth-order valence-corrected chi connectivity index (χ4v) is 1.83. The summed E-state index contributed by atoms with van der Waals surface area (Å²) in [5, 5.41) is 4.39. The summed E-state index contributed by atoms with van der Waals surface area (Å²) in [4.78, 5) is 0. The first-order valence-electron chi connectivity index (χ1n) is 6.29. The summed E-state index contributed by atoms with van der Waals surface area (Å²) in [5.41, 5.74) is 3.99. The Morgan fingerprint density at radius 1 is 1.12 bits per heavy atom. The Balaban J connectivity index is 2.08. The normalized spacial score (nSPS) is 11.1. The molecule has 1 aromatic carbocycles. The molecule has 17 heavy (non-hydrogen) atoms. The van der Waals surface area contributed by atoms with Gasteiger partial charge in [-0.25, -0.2) is 0 Å². The molecule has 0 N–H and O–H groups in total. The molecule has 90 valence electrons. The lowest BCUT2D eigenvalue weighted by atomic mass is 10.1. The van der Waals surface area contributed by atoms with Crippen LogP contribution in [0.4, 0.5) is 0 Å². The highest BCUT2D eigenvalue weighted by molar-refractivity contribution is 5.23. The molecule has 2 rings (SSSR count). The zero-order chi connectivity index (χ0) is 12.3. The lowest BCUT2D eigenvalue weighted by Gasteiger charge is -2.03. The summed E-state index contributed by atoms with van der Waals surface area (Å²) < 4.78 is 2.01. The monoisotopic (exact) mass is 228 g/mol. The number of benzene rings is 1. The Morgan fingerprint density at radius 2 is 1.76 bits per heavy atom. The van der Waals surface area contributed by atoms with Gasteiger partial charge in [0, 0.05) is 6.20 Å². The van der Waals surface area contributed by atoms with E-state index >= 15 is 0 Å². The molecule has 0 saturated carbocycles. The number of hydrogen-bond acceptors (Lipinski definition) is 1. The van der Waals surface area contributed by atoms with E-state index in [0.29, 0.717) is 5.92 Å². The van der Waals surface area contributed by atoms with E-state index in [1.807, 2.05) is 10.9 Å². The Bertz CT molecular complexity index is 466. The minimum Gasteiger partial charge on any atom is -0.268 e. The fourth-order valence-electron chi connectivity index (χ4n) is 1.83. The van der Waals surface area contributed by atoms with Gasteiger partial charge >= 0.3 is 0 Å². The van der Waals surface area contributed by atoms with Gasteiger partial charge in [-0.05, 0) is 29.0 Å². The number of aryl methyl sites for hydroxylation is 1. The molecule has 0 aliphatic carbocycles. The van der Waals surface area contributed by atoms with E-state index in [2.05, 4.69) is 56.3 Å². The molecule has 2 aromatic rings. The molecule has 2 nitrogen and oxygen atoms in total. The topological polar surface area (TPSA) is 17.8 Å². The maximum atomic E-state index is 4.39. The molecule has 0 bridgehead atoms. The predicted octanol–water partition coefficient (Wildman–Crippen LogP) is 3.62. The van der Waals surface area contributed by atoms with Gasteiger partial charge in [0.25, 0.3) is 0 Å². The van der Waals surface area contributed by atoms with E-state index in [1.54, 1.807) is 0 Å². The van der Waals surface area contributed by atoms with Crippen LogP contribution >= 0.6 is 0 Å². The molecule has 0 aliphatic rings. The fraction of sp³-hybridized carbons (Fsp3) is 0.400. The lowest BCUT2D eigenvalue weighted by molar-refractivity contribution is 0.685.